The van der Waals surface area contributed by atoms with Gasteiger partial charge in [0, 0.05) is 0 Å². The number of carbonyl (C=O) groups excluding carboxylic acids is 1. The van der Waals surface area contributed by atoms with Crippen LogP contribution in [0.15, 0.2) is 24.3 Å². The van der Waals surface area contributed by atoms with E-state index in [0.717, 1.165) is 19.3 Å². The Balaban J connectivity index is 1.85. The van der Waals surface area contributed by atoms with Gasteiger partial charge in [-0.2, -0.15) is 5.26 Å². The highest BCUT2D eigenvalue weighted by atomic mass is 16.7. The largest absolute Gasteiger partial charge is 0.425 e. The zero-order chi connectivity index (χ0) is 19.5. The van der Waals surface area contributed by atoms with Crippen LogP contribution in [0, 0.1) is 16.7 Å². The summed E-state index contributed by atoms with van der Waals surface area (Å²) in [7, 11) is 0. The topological polar surface area (TPSA) is 68.6 Å². The number of esters is 1. The van der Waals surface area contributed by atoms with Crippen LogP contribution in [0.1, 0.15) is 64.4 Å². The fourth-order valence-corrected chi connectivity index (χ4v) is 3.05. The number of hydrogen-bond acceptors (Lipinski definition) is 5. The van der Waals surface area contributed by atoms with Gasteiger partial charge in [-0.15, -0.1) is 0 Å². The predicted molar refractivity (Wildman–Crippen MR) is 103 cm³/mol. The second-order valence-electron chi connectivity index (χ2n) is 7.23. The summed E-state index contributed by atoms with van der Waals surface area (Å²) >= 11 is 0. The summed E-state index contributed by atoms with van der Waals surface area (Å²) in [5, 5.41) is 9.50. The average Bonchev–Trinajstić information content (AvgIpc) is 2.70. The fourth-order valence-electron chi connectivity index (χ4n) is 3.05. The van der Waals surface area contributed by atoms with Crippen molar-refractivity contribution in [3.63, 3.8) is 0 Å². The Labute approximate surface area is 162 Å². The van der Waals surface area contributed by atoms with Gasteiger partial charge in [-0.3, -0.25) is 0 Å². The molecule has 1 saturated heterocycles. The van der Waals surface area contributed by atoms with Crippen molar-refractivity contribution in [1.29, 1.82) is 5.26 Å². The number of nitrogens with zero attached hydrogens (tertiary/aromatic N) is 1. The minimum atomic E-state index is -1.40. The molecule has 0 aromatic heterocycles. The number of unbranched alkanes of at least 4 members (excludes halogenated alkanes) is 4. The van der Waals surface area contributed by atoms with Gasteiger partial charge in [-0.25, -0.2) is 4.79 Å². The molecule has 5 heteroatoms. The summed E-state index contributed by atoms with van der Waals surface area (Å²) in [5.74, 6) is -0.174. The van der Waals surface area contributed by atoms with Crippen LogP contribution >= 0.6 is 0 Å². The number of ether oxygens (including phenoxy) is 3. The third-order valence-corrected chi connectivity index (χ3v) is 4.86. The molecule has 2 rings (SSSR count). The second-order valence-corrected chi connectivity index (χ2v) is 7.23. The predicted octanol–water partition coefficient (Wildman–Crippen LogP) is 4.79. The van der Waals surface area contributed by atoms with E-state index in [1.165, 1.54) is 37.7 Å². The summed E-state index contributed by atoms with van der Waals surface area (Å²) < 4.78 is 16.5. The molecule has 1 aromatic carbocycles. The van der Waals surface area contributed by atoms with Crippen LogP contribution in [0.4, 0.5) is 0 Å². The van der Waals surface area contributed by atoms with Crippen LogP contribution < -0.4 is 4.74 Å². The molecular formula is C22H31NO4. The molecule has 27 heavy (non-hydrogen) atoms. The molecule has 1 aromatic rings. The van der Waals surface area contributed by atoms with Crippen molar-refractivity contribution in [1.82, 2.24) is 0 Å². The molecule has 1 heterocycles. The Morgan fingerprint density at radius 1 is 1.11 bits per heavy atom. The lowest BCUT2D eigenvalue weighted by Crippen LogP contribution is -2.48. The van der Waals surface area contributed by atoms with E-state index in [1.807, 2.05) is 25.1 Å². The van der Waals surface area contributed by atoms with Crippen molar-refractivity contribution >= 4 is 5.97 Å². The second kappa shape index (κ2) is 11.1. The first-order chi connectivity index (χ1) is 13.1. The highest BCUT2D eigenvalue weighted by Crippen LogP contribution is 2.28. The van der Waals surface area contributed by atoms with Gasteiger partial charge in [0.15, 0.2) is 6.29 Å². The summed E-state index contributed by atoms with van der Waals surface area (Å²) in [6, 6.07) is 9.56. The summed E-state index contributed by atoms with van der Waals surface area (Å²) in [6.07, 6.45) is 8.59. The minimum Gasteiger partial charge on any atom is -0.425 e. The zero-order valence-corrected chi connectivity index (χ0v) is 16.5. The van der Waals surface area contributed by atoms with Crippen LogP contribution in [0.3, 0.4) is 0 Å². The van der Waals surface area contributed by atoms with Crippen molar-refractivity contribution in [3.05, 3.63) is 29.8 Å². The first-order valence-corrected chi connectivity index (χ1v) is 10.1. The highest BCUT2D eigenvalue weighted by Gasteiger charge is 2.46. The molecule has 0 atom stereocenters. The molecule has 1 aliphatic rings. The Bertz CT molecular complexity index is 612. The van der Waals surface area contributed by atoms with Gasteiger partial charge in [0.05, 0.1) is 19.3 Å². The van der Waals surface area contributed by atoms with Crippen molar-refractivity contribution in [2.24, 2.45) is 5.41 Å². The molecule has 0 N–H and O–H groups in total. The van der Waals surface area contributed by atoms with Crippen molar-refractivity contribution in [3.8, 4) is 11.8 Å². The van der Waals surface area contributed by atoms with E-state index in [4.69, 9.17) is 14.2 Å². The third-order valence-electron chi connectivity index (χ3n) is 4.86. The summed E-state index contributed by atoms with van der Waals surface area (Å²) in [5.41, 5.74) is -0.171. The average molecular weight is 373 g/mol. The molecule has 148 valence electrons. The molecule has 1 aliphatic heterocycles. The lowest BCUT2D eigenvalue weighted by atomic mass is 9.91. The van der Waals surface area contributed by atoms with E-state index in [1.54, 1.807) is 12.1 Å². The molecule has 0 aliphatic carbocycles. The standard InChI is InChI=1S/C22H31NO4/c1-3-5-6-7-8-10-18-11-13-19(14-12-18)27-21(24)22(15-23)16-25-20(9-4-2)26-17-22/h11-14,20H,3-10,16-17H2,1-2H3/t20-,22+. The van der Waals surface area contributed by atoms with E-state index < -0.39 is 11.4 Å². The first kappa shape index (κ1) is 21.4. The maximum atomic E-state index is 12.5. The number of benzene rings is 1. The lowest BCUT2D eigenvalue weighted by molar-refractivity contribution is -0.222. The van der Waals surface area contributed by atoms with Crippen molar-refractivity contribution < 1.29 is 19.0 Å². The number of rotatable bonds is 10. The van der Waals surface area contributed by atoms with Gasteiger partial charge in [-0.05, 0) is 37.0 Å². The third kappa shape index (κ3) is 6.34. The van der Waals surface area contributed by atoms with E-state index >= 15 is 0 Å². The molecule has 0 bridgehead atoms. The van der Waals surface area contributed by atoms with Crippen molar-refractivity contribution in [2.45, 2.75) is 71.5 Å². The normalized spacial score (nSPS) is 22.2. The molecule has 0 saturated carbocycles. The molecular weight excluding hydrogens is 342 g/mol. The number of aryl methyl sites for hydroxylation is 1. The number of carbonyl (C=O) groups is 1. The van der Waals surface area contributed by atoms with E-state index in [-0.39, 0.29) is 19.5 Å². The molecule has 5 nitrogen and oxygen atoms in total. The van der Waals surface area contributed by atoms with Crippen LogP contribution in [0.2, 0.25) is 0 Å². The van der Waals surface area contributed by atoms with Gasteiger partial charge in [0.1, 0.15) is 5.75 Å². The van der Waals surface area contributed by atoms with Gasteiger partial charge in [-0.1, -0.05) is 58.1 Å². The van der Waals surface area contributed by atoms with Crippen LogP contribution in [-0.4, -0.2) is 25.5 Å². The molecule has 0 amide bonds. The molecule has 0 unspecified atom stereocenters. The maximum absolute atomic E-state index is 12.5. The molecule has 0 spiro atoms. The summed E-state index contributed by atoms with van der Waals surface area (Å²) in [6.45, 7) is 4.25. The van der Waals surface area contributed by atoms with Gasteiger partial charge in [0.25, 0.3) is 0 Å². The van der Waals surface area contributed by atoms with Crippen molar-refractivity contribution in [2.75, 3.05) is 13.2 Å². The SMILES string of the molecule is CCCCCCCc1ccc(OC(=O)[C@]2(C#N)CO[C@H](CCC)OC2)cc1. The minimum absolute atomic E-state index is 0.00282. The van der Waals surface area contributed by atoms with Gasteiger partial charge in [0.2, 0.25) is 5.41 Å². The monoisotopic (exact) mass is 373 g/mol. The summed E-state index contributed by atoms with van der Waals surface area (Å²) in [4.78, 5) is 12.5. The quantitative estimate of drug-likeness (QED) is 0.335. The molecule has 1 fully saturated rings. The highest BCUT2D eigenvalue weighted by molar-refractivity contribution is 5.82. The van der Waals surface area contributed by atoms with Crippen LogP contribution in [-0.2, 0) is 20.7 Å². The Morgan fingerprint density at radius 2 is 1.78 bits per heavy atom. The first-order valence-electron chi connectivity index (χ1n) is 10.1. The Hall–Kier alpha value is -1.90. The zero-order valence-electron chi connectivity index (χ0n) is 16.5. The van der Waals surface area contributed by atoms with Crippen LogP contribution in [0.5, 0.6) is 5.75 Å². The fraction of sp³-hybridized carbons (Fsp3) is 0.636. The van der Waals surface area contributed by atoms with Gasteiger partial charge < -0.3 is 14.2 Å². The lowest BCUT2D eigenvalue weighted by Gasteiger charge is -2.33. The smallest absolute Gasteiger partial charge is 0.336 e. The van der Waals surface area contributed by atoms with E-state index in [9.17, 15) is 10.1 Å². The maximum Gasteiger partial charge on any atom is 0.336 e. The van der Waals surface area contributed by atoms with Gasteiger partial charge >= 0.3 is 5.97 Å². The number of hydrogen-bond donors (Lipinski definition) is 0. The van der Waals surface area contributed by atoms with Crippen LogP contribution in [0.25, 0.3) is 0 Å². The number of nitriles is 1. The van der Waals surface area contributed by atoms with E-state index in [0.29, 0.717) is 5.75 Å². The Morgan fingerprint density at radius 3 is 2.37 bits per heavy atom. The van der Waals surface area contributed by atoms with E-state index in [2.05, 4.69) is 6.92 Å². The Kier molecular flexibility index (Phi) is 8.77. The molecule has 0 radical (unpaired) electrons.